The van der Waals surface area contributed by atoms with Gasteiger partial charge in [-0.15, -0.1) is 5.10 Å². The van der Waals surface area contributed by atoms with Gasteiger partial charge in [0.2, 0.25) is 15.8 Å². The molecule has 0 aliphatic rings. The fourth-order valence-electron chi connectivity index (χ4n) is 4.53. The van der Waals surface area contributed by atoms with Crippen molar-refractivity contribution in [3.05, 3.63) is 65.2 Å². The van der Waals surface area contributed by atoms with Crippen molar-refractivity contribution in [3.63, 3.8) is 0 Å². The standard InChI is InChI=1S/C31H39N7O5S/c1-18-11-12-19(29(40)33-21-14-20(30(2,3)4)15-22(26(21)43-9)35-44(10,41)42)13-24(18)38-17-23(34-36-38)25-16-32-28(37(25)8)27(39)31(5,6)7/h11-17,35H,1-10H3,(H,33,40). The van der Waals surface area contributed by atoms with Crippen LogP contribution in [0, 0.1) is 12.3 Å². The molecule has 0 aliphatic carbocycles. The summed E-state index contributed by atoms with van der Waals surface area (Å²) in [6, 6.07) is 8.65. The van der Waals surface area contributed by atoms with E-state index in [2.05, 4.69) is 25.3 Å². The number of amides is 1. The lowest BCUT2D eigenvalue weighted by atomic mass is 9.86. The van der Waals surface area contributed by atoms with E-state index in [1.165, 1.54) is 7.11 Å². The number of ether oxygens (including phenoxy) is 1. The van der Waals surface area contributed by atoms with Gasteiger partial charge < -0.3 is 14.6 Å². The number of nitrogens with zero attached hydrogens (tertiary/aromatic N) is 5. The Bertz CT molecular complexity index is 1860. The van der Waals surface area contributed by atoms with Gasteiger partial charge in [-0.05, 0) is 47.7 Å². The van der Waals surface area contributed by atoms with E-state index in [-0.39, 0.29) is 22.6 Å². The number of sulfonamides is 1. The predicted molar refractivity (Wildman–Crippen MR) is 170 cm³/mol. The lowest BCUT2D eigenvalue weighted by Gasteiger charge is -2.24. The van der Waals surface area contributed by atoms with Crippen LogP contribution in [0.3, 0.4) is 0 Å². The molecule has 2 aromatic carbocycles. The van der Waals surface area contributed by atoms with Crippen molar-refractivity contribution in [3.8, 4) is 22.8 Å². The SMILES string of the molecule is COc1c(NC(=O)c2ccc(C)c(-n3cc(-c4cnc(C(=O)C(C)(C)C)n4C)nn3)c2)cc(C(C)(C)C)cc1NS(C)(=O)=O. The van der Waals surface area contributed by atoms with Gasteiger partial charge in [0.15, 0.2) is 11.6 Å². The van der Waals surface area contributed by atoms with Gasteiger partial charge in [0.25, 0.3) is 5.91 Å². The van der Waals surface area contributed by atoms with Crippen LogP contribution in [0.4, 0.5) is 11.4 Å². The predicted octanol–water partition coefficient (Wildman–Crippen LogP) is 5.13. The first kappa shape index (κ1) is 32.4. The maximum atomic E-state index is 13.6. The number of hydrogen-bond donors (Lipinski definition) is 2. The average molecular weight is 622 g/mol. The quantitative estimate of drug-likeness (QED) is 0.257. The molecule has 44 heavy (non-hydrogen) atoms. The highest BCUT2D eigenvalue weighted by atomic mass is 32.2. The fourth-order valence-corrected chi connectivity index (χ4v) is 5.09. The molecule has 1 amide bonds. The molecule has 2 heterocycles. The van der Waals surface area contributed by atoms with Crippen LogP contribution in [0.5, 0.6) is 5.75 Å². The monoisotopic (exact) mass is 621 g/mol. The van der Waals surface area contributed by atoms with Crippen molar-refractivity contribution in [2.24, 2.45) is 12.5 Å². The molecule has 234 valence electrons. The number of aromatic nitrogens is 5. The van der Waals surface area contributed by atoms with Gasteiger partial charge in [-0.25, -0.2) is 18.1 Å². The Morgan fingerprint density at radius 1 is 1.00 bits per heavy atom. The summed E-state index contributed by atoms with van der Waals surface area (Å²) in [5.74, 6) is -0.00132. The summed E-state index contributed by atoms with van der Waals surface area (Å²) in [6.45, 7) is 13.4. The summed E-state index contributed by atoms with van der Waals surface area (Å²) in [4.78, 5) is 30.7. The number of methoxy groups -OCH3 is 1. The Morgan fingerprint density at radius 3 is 2.25 bits per heavy atom. The molecule has 0 saturated heterocycles. The molecule has 0 atom stereocenters. The summed E-state index contributed by atoms with van der Waals surface area (Å²) in [5.41, 5.74) is 3.34. The molecule has 0 bridgehead atoms. The number of rotatable bonds is 8. The second-order valence-corrected chi connectivity index (χ2v) is 14.6. The zero-order valence-corrected chi connectivity index (χ0v) is 27.5. The van der Waals surface area contributed by atoms with Gasteiger partial charge in [-0.1, -0.05) is 52.8 Å². The van der Waals surface area contributed by atoms with Crippen LogP contribution in [0.15, 0.2) is 42.7 Å². The van der Waals surface area contributed by atoms with Crippen LogP contribution in [-0.4, -0.2) is 58.0 Å². The molecule has 13 heteroatoms. The maximum absolute atomic E-state index is 13.6. The van der Waals surface area contributed by atoms with E-state index in [4.69, 9.17) is 4.74 Å². The average Bonchev–Trinajstić information content (AvgIpc) is 3.53. The second kappa shape index (κ2) is 11.5. The van der Waals surface area contributed by atoms with E-state index in [0.29, 0.717) is 34.2 Å². The Balaban J connectivity index is 1.69. The van der Waals surface area contributed by atoms with Crippen LogP contribution in [0.2, 0.25) is 0 Å². The third-order valence-electron chi connectivity index (χ3n) is 7.05. The molecule has 4 rings (SSSR count). The number of anilines is 2. The molecule has 4 aromatic rings. The molecular formula is C31H39N7O5S. The highest BCUT2D eigenvalue weighted by Gasteiger charge is 2.28. The van der Waals surface area contributed by atoms with Gasteiger partial charge in [0.1, 0.15) is 5.69 Å². The maximum Gasteiger partial charge on any atom is 0.255 e. The van der Waals surface area contributed by atoms with Crippen molar-refractivity contribution < 1.29 is 22.7 Å². The minimum absolute atomic E-state index is 0.0860. The summed E-state index contributed by atoms with van der Waals surface area (Å²) in [7, 11) is -0.453. The van der Waals surface area contributed by atoms with Crippen molar-refractivity contribution in [1.29, 1.82) is 0 Å². The lowest BCUT2D eigenvalue weighted by Crippen LogP contribution is -2.23. The minimum atomic E-state index is -3.62. The largest absolute Gasteiger partial charge is 0.492 e. The van der Waals surface area contributed by atoms with E-state index in [1.807, 2.05) is 48.5 Å². The van der Waals surface area contributed by atoms with Crippen molar-refractivity contribution in [2.75, 3.05) is 23.4 Å². The van der Waals surface area contributed by atoms with Crippen LogP contribution in [0.25, 0.3) is 17.1 Å². The highest BCUT2D eigenvalue weighted by Crippen LogP contribution is 2.39. The number of Topliss-reactive ketones (excluding diaryl/α,β-unsaturated/α-hetero) is 1. The number of nitrogens with one attached hydrogen (secondary N) is 2. The van der Waals surface area contributed by atoms with E-state index >= 15 is 0 Å². The van der Waals surface area contributed by atoms with E-state index in [1.54, 1.807) is 59.0 Å². The van der Waals surface area contributed by atoms with E-state index in [0.717, 1.165) is 17.4 Å². The van der Waals surface area contributed by atoms with Gasteiger partial charge >= 0.3 is 0 Å². The first-order valence-corrected chi connectivity index (χ1v) is 15.8. The molecule has 0 aliphatic heterocycles. The third kappa shape index (κ3) is 6.83. The number of carbonyl (C=O) groups is 2. The Hall–Kier alpha value is -4.52. The molecule has 0 radical (unpaired) electrons. The van der Waals surface area contributed by atoms with Gasteiger partial charge in [-0.2, -0.15) is 0 Å². The smallest absolute Gasteiger partial charge is 0.255 e. The van der Waals surface area contributed by atoms with Crippen LogP contribution in [-0.2, 0) is 22.5 Å². The number of ketones is 1. The van der Waals surface area contributed by atoms with Crippen LogP contribution in [0.1, 0.15) is 73.6 Å². The molecule has 0 spiro atoms. The second-order valence-electron chi connectivity index (χ2n) is 12.8. The lowest BCUT2D eigenvalue weighted by molar-refractivity contribution is 0.0843. The molecule has 2 N–H and O–H groups in total. The Morgan fingerprint density at radius 2 is 1.66 bits per heavy atom. The van der Waals surface area contributed by atoms with E-state index < -0.39 is 21.3 Å². The molecule has 0 fully saturated rings. The number of benzene rings is 2. The van der Waals surface area contributed by atoms with Gasteiger partial charge in [0, 0.05) is 18.0 Å². The summed E-state index contributed by atoms with van der Waals surface area (Å²) < 4.78 is 35.5. The zero-order valence-electron chi connectivity index (χ0n) is 26.7. The van der Waals surface area contributed by atoms with Crippen molar-refractivity contribution in [1.82, 2.24) is 24.5 Å². The third-order valence-corrected chi connectivity index (χ3v) is 7.64. The topological polar surface area (TPSA) is 150 Å². The van der Waals surface area contributed by atoms with Crippen molar-refractivity contribution in [2.45, 2.75) is 53.9 Å². The van der Waals surface area contributed by atoms with Crippen LogP contribution >= 0.6 is 0 Å². The minimum Gasteiger partial charge on any atom is -0.492 e. The Labute approximate surface area is 257 Å². The molecule has 12 nitrogen and oxygen atoms in total. The number of hydrogen-bond acceptors (Lipinski definition) is 8. The van der Waals surface area contributed by atoms with Crippen molar-refractivity contribution >= 4 is 33.1 Å². The first-order chi connectivity index (χ1) is 20.3. The molecular weight excluding hydrogens is 582 g/mol. The first-order valence-electron chi connectivity index (χ1n) is 13.9. The number of aryl methyl sites for hydroxylation is 1. The number of imidazole rings is 1. The summed E-state index contributed by atoms with van der Waals surface area (Å²) in [5, 5.41) is 11.5. The fraction of sp³-hybridized carbons (Fsp3) is 0.387. The van der Waals surface area contributed by atoms with Gasteiger partial charge in [0.05, 0.1) is 48.5 Å². The Kier molecular flexibility index (Phi) is 8.49. The normalized spacial score (nSPS) is 12.2. The zero-order chi connectivity index (χ0) is 32.8. The molecule has 2 aromatic heterocycles. The molecule has 0 saturated carbocycles. The molecule has 0 unspecified atom stereocenters. The van der Waals surface area contributed by atoms with Gasteiger partial charge in [-0.3, -0.25) is 14.3 Å². The number of carbonyl (C=O) groups excluding carboxylic acids is 2. The summed E-state index contributed by atoms with van der Waals surface area (Å²) in [6.07, 6.45) is 4.36. The highest BCUT2D eigenvalue weighted by molar-refractivity contribution is 7.92. The summed E-state index contributed by atoms with van der Waals surface area (Å²) >= 11 is 0. The van der Waals surface area contributed by atoms with Crippen LogP contribution < -0.4 is 14.8 Å². The van der Waals surface area contributed by atoms with E-state index in [9.17, 15) is 18.0 Å².